The predicted octanol–water partition coefficient (Wildman–Crippen LogP) is -0.133. The molecule has 2 rings (SSSR count). The minimum atomic E-state index is -0.597. The molecule has 0 aromatic heterocycles. The Bertz CT molecular complexity index is 173. The molecule has 1 fully saturated rings. The topological polar surface area (TPSA) is 35.5 Å². The number of hydrogen-bond donors (Lipinski definition) is 0. The van der Waals surface area contributed by atoms with E-state index in [1.165, 1.54) is 6.08 Å². The van der Waals surface area contributed by atoms with Crippen molar-refractivity contribution in [2.75, 3.05) is 6.61 Å². The normalized spacial score (nSPS) is 39.8. The van der Waals surface area contributed by atoms with Crippen LogP contribution >= 0.6 is 0 Å². The van der Waals surface area contributed by atoms with Crippen molar-refractivity contribution in [3.63, 3.8) is 0 Å². The molecule has 1 saturated heterocycles. The van der Waals surface area contributed by atoms with E-state index in [0.29, 0.717) is 6.61 Å². The maximum Gasteiger partial charge on any atom is 0.222 e. The first kappa shape index (κ1) is 5.14. The average Bonchev–Trinajstić information content (AvgIpc) is 2.25. The van der Waals surface area contributed by atoms with Crippen LogP contribution in [0.3, 0.4) is 0 Å². The van der Waals surface area contributed by atoms with Gasteiger partial charge in [0.1, 0.15) is 6.10 Å². The number of ketones is 1. The molecule has 0 aromatic carbocycles. The summed E-state index contributed by atoms with van der Waals surface area (Å²) in [6.45, 7) is 0.521. The van der Waals surface area contributed by atoms with Crippen LogP contribution in [0.1, 0.15) is 0 Å². The van der Waals surface area contributed by atoms with Gasteiger partial charge >= 0.3 is 0 Å². The summed E-state index contributed by atoms with van der Waals surface area (Å²) < 4.78 is 10.0. The van der Waals surface area contributed by atoms with E-state index in [2.05, 4.69) is 0 Å². The summed E-state index contributed by atoms with van der Waals surface area (Å²) in [5.41, 5.74) is 0. The fourth-order valence-corrected chi connectivity index (χ4v) is 0.950. The molecular formula is C6H6O3. The minimum Gasteiger partial charge on any atom is -0.343 e. The van der Waals surface area contributed by atoms with Crippen molar-refractivity contribution >= 4 is 5.78 Å². The van der Waals surface area contributed by atoms with E-state index in [-0.39, 0.29) is 11.9 Å². The molecule has 0 spiro atoms. The molecule has 0 aromatic rings. The highest BCUT2D eigenvalue weighted by Crippen LogP contribution is 2.17. The summed E-state index contributed by atoms with van der Waals surface area (Å²) in [7, 11) is 0. The van der Waals surface area contributed by atoms with Crippen molar-refractivity contribution in [3.05, 3.63) is 12.2 Å². The monoisotopic (exact) mass is 126 g/mol. The molecule has 2 heterocycles. The summed E-state index contributed by atoms with van der Waals surface area (Å²) in [5.74, 6) is -0.0799. The van der Waals surface area contributed by atoms with Gasteiger partial charge in [0.15, 0.2) is 0 Å². The molecule has 0 amide bonds. The Labute approximate surface area is 52.3 Å². The first-order valence-corrected chi connectivity index (χ1v) is 2.85. The Hall–Kier alpha value is -0.670. The maximum atomic E-state index is 10.7. The van der Waals surface area contributed by atoms with Crippen LogP contribution in [-0.4, -0.2) is 24.8 Å². The second kappa shape index (κ2) is 1.65. The molecule has 0 radical (unpaired) electrons. The van der Waals surface area contributed by atoms with Gasteiger partial charge in [-0.05, 0) is 12.2 Å². The summed E-state index contributed by atoms with van der Waals surface area (Å²) >= 11 is 0. The second-order valence-electron chi connectivity index (χ2n) is 2.10. The molecule has 3 nitrogen and oxygen atoms in total. The number of carbonyl (C=O) groups excluding carboxylic acids is 1. The van der Waals surface area contributed by atoms with Gasteiger partial charge in [-0.15, -0.1) is 0 Å². The van der Waals surface area contributed by atoms with E-state index in [0.717, 1.165) is 0 Å². The Kier molecular flexibility index (Phi) is 0.944. The van der Waals surface area contributed by atoms with Gasteiger partial charge < -0.3 is 9.47 Å². The van der Waals surface area contributed by atoms with Gasteiger partial charge in [0, 0.05) is 0 Å². The van der Waals surface area contributed by atoms with Crippen LogP contribution in [0.4, 0.5) is 0 Å². The first-order chi connectivity index (χ1) is 4.36. The van der Waals surface area contributed by atoms with Gasteiger partial charge in [-0.25, -0.2) is 0 Å². The van der Waals surface area contributed by atoms with Gasteiger partial charge in [0.25, 0.3) is 0 Å². The van der Waals surface area contributed by atoms with Crippen molar-refractivity contribution < 1.29 is 14.3 Å². The zero-order valence-electron chi connectivity index (χ0n) is 4.74. The average molecular weight is 126 g/mol. The second-order valence-corrected chi connectivity index (χ2v) is 2.10. The van der Waals surface area contributed by atoms with Crippen molar-refractivity contribution in [1.29, 1.82) is 0 Å². The Morgan fingerprint density at radius 2 is 2.56 bits per heavy atom. The lowest BCUT2D eigenvalue weighted by atomic mass is 10.2. The predicted molar refractivity (Wildman–Crippen MR) is 28.8 cm³/mol. The zero-order chi connectivity index (χ0) is 6.27. The number of hydrogen-bond acceptors (Lipinski definition) is 3. The Balaban J connectivity index is 2.29. The maximum absolute atomic E-state index is 10.7. The van der Waals surface area contributed by atoms with Crippen molar-refractivity contribution in [3.8, 4) is 0 Å². The van der Waals surface area contributed by atoms with Crippen LogP contribution in [0.2, 0.25) is 0 Å². The fraction of sp³-hybridized carbons (Fsp3) is 0.500. The van der Waals surface area contributed by atoms with Crippen LogP contribution in [0.15, 0.2) is 12.2 Å². The molecule has 2 bridgehead atoms. The molecule has 2 aliphatic heterocycles. The number of rotatable bonds is 0. The van der Waals surface area contributed by atoms with Crippen LogP contribution in [0.25, 0.3) is 0 Å². The lowest BCUT2D eigenvalue weighted by Crippen LogP contribution is -2.23. The first-order valence-electron chi connectivity index (χ1n) is 2.85. The van der Waals surface area contributed by atoms with Gasteiger partial charge in [-0.1, -0.05) is 0 Å². The van der Waals surface area contributed by atoms with Crippen molar-refractivity contribution in [2.45, 2.75) is 12.4 Å². The third-order valence-corrected chi connectivity index (χ3v) is 1.42. The zero-order valence-corrected chi connectivity index (χ0v) is 4.74. The highest BCUT2D eigenvalue weighted by molar-refractivity contribution is 5.93. The molecule has 9 heavy (non-hydrogen) atoms. The van der Waals surface area contributed by atoms with Crippen LogP contribution in [0, 0.1) is 0 Å². The highest BCUT2D eigenvalue weighted by Gasteiger charge is 2.32. The molecule has 48 valence electrons. The van der Waals surface area contributed by atoms with Crippen LogP contribution < -0.4 is 0 Å². The molecule has 2 aliphatic rings. The van der Waals surface area contributed by atoms with Crippen LogP contribution in [0.5, 0.6) is 0 Å². The molecule has 0 N–H and O–H groups in total. The molecule has 3 heteroatoms. The van der Waals surface area contributed by atoms with Crippen molar-refractivity contribution in [2.24, 2.45) is 0 Å². The fourth-order valence-electron chi connectivity index (χ4n) is 0.950. The van der Waals surface area contributed by atoms with E-state index in [9.17, 15) is 4.79 Å². The molecule has 0 saturated carbocycles. The van der Waals surface area contributed by atoms with Crippen molar-refractivity contribution in [1.82, 2.24) is 0 Å². The largest absolute Gasteiger partial charge is 0.343 e. The van der Waals surface area contributed by atoms with E-state index in [1.54, 1.807) is 6.08 Å². The SMILES string of the molecule is O=C1C=CC2CO[C@H]1O2. The summed E-state index contributed by atoms with van der Waals surface area (Å²) in [6, 6.07) is 0. The van der Waals surface area contributed by atoms with E-state index in [1.807, 2.05) is 0 Å². The lowest BCUT2D eigenvalue weighted by molar-refractivity contribution is -0.141. The number of carbonyl (C=O) groups is 1. The molecule has 2 atom stereocenters. The number of ether oxygens (including phenoxy) is 2. The summed E-state index contributed by atoms with van der Waals surface area (Å²) in [4.78, 5) is 10.7. The standard InChI is InChI=1S/C6H6O3/c7-5-2-1-4-3-8-6(5)9-4/h1-2,4,6H,3H2/t4?,6-/m0/s1. The van der Waals surface area contributed by atoms with Crippen LogP contribution in [-0.2, 0) is 14.3 Å². The van der Waals surface area contributed by atoms with Gasteiger partial charge in [-0.3, -0.25) is 4.79 Å². The highest BCUT2D eigenvalue weighted by atomic mass is 16.7. The quantitative estimate of drug-likeness (QED) is 0.453. The third-order valence-electron chi connectivity index (χ3n) is 1.42. The third kappa shape index (κ3) is 0.693. The smallest absolute Gasteiger partial charge is 0.222 e. The molecule has 0 aliphatic carbocycles. The molecular weight excluding hydrogens is 120 g/mol. The minimum absolute atomic E-state index is 0.0210. The van der Waals surface area contributed by atoms with E-state index >= 15 is 0 Å². The molecule has 1 unspecified atom stereocenters. The summed E-state index contributed by atoms with van der Waals surface area (Å²) in [5, 5.41) is 0. The summed E-state index contributed by atoms with van der Waals surface area (Å²) in [6.07, 6.45) is 2.67. The Morgan fingerprint density at radius 1 is 1.67 bits per heavy atom. The lowest BCUT2D eigenvalue weighted by Gasteiger charge is -2.09. The van der Waals surface area contributed by atoms with Gasteiger partial charge in [0.05, 0.1) is 6.61 Å². The van der Waals surface area contributed by atoms with E-state index in [4.69, 9.17) is 9.47 Å². The van der Waals surface area contributed by atoms with Gasteiger partial charge in [0.2, 0.25) is 12.1 Å². The Morgan fingerprint density at radius 3 is 3.33 bits per heavy atom. The van der Waals surface area contributed by atoms with Gasteiger partial charge in [-0.2, -0.15) is 0 Å². The number of fused-ring (bicyclic) bond motifs is 2. The van der Waals surface area contributed by atoms with E-state index < -0.39 is 6.29 Å².